The van der Waals surface area contributed by atoms with Gasteiger partial charge in [0.1, 0.15) is 0 Å². The summed E-state index contributed by atoms with van der Waals surface area (Å²) in [5.74, 6) is -0.0520. The van der Waals surface area contributed by atoms with Gasteiger partial charge in [0, 0.05) is 37.7 Å². The highest BCUT2D eigenvalue weighted by Crippen LogP contribution is 2.29. The third kappa shape index (κ3) is 4.37. The van der Waals surface area contributed by atoms with Gasteiger partial charge in [0.25, 0.3) is 0 Å². The second-order valence-electron chi connectivity index (χ2n) is 5.98. The second-order valence-corrected chi connectivity index (χ2v) is 7.54. The average molecular weight is 363 g/mol. The molecule has 0 unspecified atom stereocenters. The molecule has 2 heterocycles. The number of sulfonamides is 1. The van der Waals surface area contributed by atoms with Gasteiger partial charge >= 0.3 is 0 Å². The van der Waals surface area contributed by atoms with Crippen molar-refractivity contribution in [3.8, 4) is 0 Å². The SMILES string of the molecule is NS(=O)(=O)c1ccc2c(c1)CCN2CC(=O)NCCCn1cccn1. The van der Waals surface area contributed by atoms with Gasteiger partial charge in [-0.1, -0.05) is 0 Å². The number of hydrogen-bond donors (Lipinski definition) is 2. The van der Waals surface area contributed by atoms with E-state index in [2.05, 4.69) is 10.4 Å². The highest BCUT2D eigenvalue weighted by molar-refractivity contribution is 7.89. The predicted molar refractivity (Wildman–Crippen MR) is 93.6 cm³/mol. The minimum absolute atomic E-state index is 0.0520. The number of primary sulfonamides is 1. The molecule has 1 aliphatic rings. The summed E-state index contributed by atoms with van der Waals surface area (Å²) < 4.78 is 24.7. The first-order chi connectivity index (χ1) is 11.9. The number of aromatic nitrogens is 2. The van der Waals surface area contributed by atoms with Crippen LogP contribution in [0, 0.1) is 0 Å². The van der Waals surface area contributed by atoms with Gasteiger partial charge in [0.15, 0.2) is 0 Å². The minimum Gasteiger partial charge on any atom is -0.362 e. The molecule has 0 fully saturated rings. The highest BCUT2D eigenvalue weighted by Gasteiger charge is 2.22. The molecule has 0 spiro atoms. The molecule has 0 saturated carbocycles. The lowest BCUT2D eigenvalue weighted by Gasteiger charge is -2.19. The highest BCUT2D eigenvalue weighted by atomic mass is 32.2. The number of rotatable bonds is 7. The summed E-state index contributed by atoms with van der Waals surface area (Å²) in [5, 5.41) is 12.2. The number of anilines is 1. The van der Waals surface area contributed by atoms with E-state index in [1.807, 2.05) is 21.8 Å². The van der Waals surface area contributed by atoms with E-state index in [9.17, 15) is 13.2 Å². The first-order valence-electron chi connectivity index (χ1n) is 8.08. The van der Waals surface area contributed by atoms with Gasteiger partial charge in [0.2, 0.25) is 15.9 Å². The number of nitrogens with one attached hydrogen (secondary N) is 1. The molecule has 0 aliphatic carbocycles. The van der Waals surface area contributed by atoms with E-state index in [4.69, 9.17) is 5.14 Å². The van der Waals surface area contributed by atoms with Gasteiger partial charge in [-0.3, -0.25) is 9.48 Å². The van der Waals surface area contributed by atoms with Crippen LogP contribution in [-0.2, 0) is 27.8 Å². The van der Waals surface area contributed by atoms with Crippen molar-refractivity contribution in [3.05, 3.63) is 42.2 Å². The summed E-state index contributed by atoms with van der Waals surface area (Å²) in [6.07, 6.45) is 5.12. The predicted octanol–water partition coefficient (Wildman–Crippen LogP) is 0.0995. The van der Waals surface area contributed by atoms with Crippen LogP contribution in [0.2, 0.25) is 0 Å². The number of carbonyl (C=O) groups is 1. The Bertz CT molecular complexity index is 849. The van der Waals surface area contributed by atoms with Crippen LogP contribution in [0.4, 0.5) is 5.69 Å². The Kier molecular flexibility index (Phi) is 5.05. The minimum atomic E-state index is -3.70. The molecule has 0 radical (unpaired) electrons. The van der Waals surface area contributed by atoms with Crippen molar-refractivity contribution in [3.63, 3.8) is 0 Å². The van der Waals surface area contributed by atoms with Crippen LogP contribution < -0.4 is 15.4 Å². The second kappa shape index (κ2) is 7.24. The number of benzene rings is 1. The van der Waals surface area contributed by atoms with E-state index in [1.54, 1.807) is 18.3 Å². The molecule has 25 heavy (non-hydrogen) atoms. The summed E-state index contributed by atoms with van der Waals surface area (Å²) in [5.41, 5.74) is 1.79. The fraction of sp³-hybridized carbons (Fsp3) is 0.375. The van der Waals surface area contributed by atoms with E-state index in [-0.39, 0.29) is 17.3 Å². The quantitative estimate of drug-likeness (QED) is 0.678. The van der Waals surface area contributed by atoms with Crippen LogP contribution in [0.5, 0.6) is 0 Å². The number of nitrogens with zero attached hydrogens (tertiary/aromatic N) is 3. The Morgan fingerprint density at radius 2 is 2.20 bits per heavy atom. The lowest BCUT2D eigenvalue weighted by molar-refractivity contribution is -0.119. The molecule has 0 bridgehead atoms. The summed E-state index contributed by atoms with van der Waals surface area (Å²) in [6, 6.07) is 6.65. The van der Waals surface area contributed by atoms with Crippen LogP contribution >= 0.6 is 0 Å². The molecular weight excluding hydrogens is 342 g/mol. The maximum absolute atomic E-state index is 12.1. The van der Waals surface area contributed by atoms with Crippen LogP contribution in [-0.4, -0.2) is 43.7 Å². The first kappa shape index (κ1) is 17.4. The number of carbonyl (C=O) groups excluding carboxylic acids is 1. The molecule has 9 heteroatoms. The van der Waals surface area contributed by atoms with E-state index in [0.717, 1.165) is 24.2 Å². The molecule has 3 rings (SSSR count). The van der Waals surface area contributed by atoms with Crippen LogP contribution in [0.15, 0.2) is 41.6 Å². The van der Waals surface area contributed by atoms with Crippen molar-refractivity contribution < 1.29 is 13.2 Å². The standard InChI is InChI=1S/C16H21N5O3S/c17-25(23,24)14-3-4-15-13(11-14)5-10-20(15)12-16(22)18-6-1-8-21-9-2-7-19-21/h2-4,7,9,11H,1,5-6,8,10,12H2,(H,18,22)(H2,17,23,24). The Morgan fingerprint density at radius 1 is 1.36 bits per heavy atom. The first-order valence-corrected chi connectivity index (χ1v) is 9.63. The maximum atomic E-state index is 12.1. The van der Waals surface area contributed by atoms with Crippen molar-refractivity contribution in [2.45, 2.75) is 24.3 Å². The van der Waals surface area contributed by atoms with Crippen molar-refractivity contribution in [1.29, 1.82) is 0 Å². The summed E-state index contributed by atoms with van der Waals surface area (Å²) in [6.45, 7) is 2.29. The number of aryl methyl sites for hydroxylation is 1. The molecule has 8 nitrogen and oxygen atoms in total. The molecule has 1 aromatic carbocycles. The van der Waals surface area contributed by atoms with Gasteiger partial charge in [-0.25, -0.2) is 13.6 Å². The largest absolute Gasteiger partial charge is 0.362 e. The lowest BCUT2D eigenvalue weighted by atomic mass is 10.2. The van der Waals surface area contributed by atoms with Gasteiger partial charge < -0.3 is 10.2 Å². The van der Waals surface area contributed by atoms with Crippen LogP contribution in [0.1, 0.15) is 12.0 Å². The monoisotopic (exact) mass is 363 g/mol. The molecule has 2 aromatic rings. The summed E-state index contributed by atoms with van der Waals surface area (Å²) >= 11 is 0. The van der Waals surface area contributed by atoms with Crippen molar-refractivity contribution >= 4 is 21.6 Å². The smallest absolute Gasteiger partial charge is 0.239 e. The normalized spacial score (nSPS) is 13.7. The maximum Gasteiger partial charge on any atom is 0.239 e. The molecular formula is C16H21N5O3S. The molecule has 134 valence electrons. The third-order valence-electron chi connectivity index (χ3n) is 4.15. The number of amides is 1. The van der Waals surface area contributed by atoms with Crippen molar-refractivity contribution in [1.82, 2.24) is 15.1 Å². The fourth-order valence-corrected chi connectivity index (χ4v) is 3.48. The van der Waals surface area contributed by atoms with Crippen LogP contribution in [0.25, 0.3) is 0 Å². The zero-order valence-electron chi connectivity index (χ0n) is 13.8. The zero-order valence-corrected chi connectivity index (χ0v) is 14.6. The number of nitrogens with two attached hydrogens (primary N) is 1. The summed E-state index contributed by atoms with van der Waals surface area (Å²) in [7, 11) is -3.70. The number of fused-ring (bicyclic) bond motifs is 1. The molecule has 3 N–H and O–H groups in total. The van der Waals surface area contributed by atoms with Gasteiger partial charge in [-0.05, 0) is 42.7 Å². The lowest BCUT2D eigenvalue weighted by Crippen LogP contribution is -2.37. The van der Waals surface area contributed by atoms with Gasteiger partial charge in [-0.2, -0.15) is 5.10 Å². The van der Waals surface area contributed by atoms with E-state index in [0.29, 0.717) is 19.5 Å². The van der Waals surface area contributed by atoms with Crippen LogP contribution in [0.3, 0.4) is 0 Å². The van der Waals surface area contributed by atoms with E-state index >= 15 is 0 Å². The van der Waals surface area contributed by atoms with Crippen molar-refractivity contribution in [2.24, 2.45) is 5.14 Å². The topological polar surface area (TPSA) is 110 Å². The zero-order chi connectivity index (χ0) is 17.9. The van der Waals surface area contributed by atoms with E-state index < -0.39 is 10.0 Å². The Morgan fingerprint density at radius 3 is 2.92 bits per heavy atom. The van der Waals surface area contributed by atoms with E-state index in [1.165, 1.54) is 6.07 Å². The number of hydrogen-bond acceptors (Lipinski definition) is 5. The molecule has 0 saturated heterocycles. The Hall–Kier alpha value is -2.39. The molecule has 1 aliphatic heterocycles. The Labute approximate surface area is 146 Å². The average Bonchev–Trinajstić information content (AvgIpc) is 3.20. The van der Waals surface area contributed by atoms with Gasteiger partial charge in [-0.15, -0.1) is 0 Å². The third-order valence-corrected chi connectivity index (χ3v) is 5.06. The summed E-state index contributed by atoms with van der Waals surface area (Å²) in [4.78, 5) is 14.2. The molecule has 0 atom stereocenters. The molecule has 1 aromatic heterocycles. The molecule has 1 amide bonds. The van der Waals surface area contributed by atoms with Crippen molar-refractivity contribution in [2.75, 3.05) is 24.5 Å². The van der Waals surface area contributed by atoms with Gasteiger partial charge in [0.05, 0.1) is 11.4 Å². The Balaban J connectivity index is 1.50. The fourth-order valence-electron chi connectivity index (χ4n) is 2.92.